The maximum Gasteiger partial charge on any atom is 0.511 e. The van der Waals surface area contributed by atoms with Gasteiger partial charge in [0.15, 0.2) is 0 Å². The molecule has 4 unspecified atom stereocenters. The zero-order valence-corrected chi connectivity index (χ0v) is 62.8. The first kappa shape index (κ1) is 76.0. The summed E-state index contributed by atoms with van der Waals surface area (Å²) in [5.74, 6) is 0. The van der Waals surface area contributed by atoms with Crippen LogP contribution in [0.25, 0.3) is 0 Å². The van der Waals surface area contributed by atoms with E-state index >= 15 is 0 Å². The van der Waals surface area contributed by atoms with Crippen molar-refractivity contribution in [1.29, 1.82) is 0 Å². The van der Waals surface area contributed by atoms with Gasteiger partial charge in [-0.3, -0.25) is 0 Å². The molecule has 0 bridgehead atoms. The summed E-state index contributed by atoms with van der Waals surface area (Å²) in [5.41, 5.74) is 0. The Labute approximate surface area is 503 Å². The van der Waals surface area contributed by atoms with Crippen LogP contribution in [0.4, 0.5) is 0 Å². The Bertz CT molecular complexity index is 1210. The molecule has 1 aliphatic rings. The molecule has 0 aliphatic heterocycles. The Kier molecular flexibility index (Phi) is 40.2. The molecule has 0 heterocycles. The highest BCUT2D eigenvalue weighted by Gasteiger charge is 2.80. The molecule has 0 radical (unpaired) electrons. The fourth-order valence-corrected chi connectivity index (χ4v) is 94.0. The van der Waals surface area contributed by atoms with Crippen LogP contribution in [0, 0.1) is 0 Å². The topological polar surface area (TPSA) is 111 Å². The van der Waals surface area contributed by atoms with Gasteiger partial charge in [0.25, 0.3) is 0 Å². The van der Waals surface area contributed by atoms with Crippen LogP contribution in [0.15, 0.2) is 0 Å². The van der Waals surface area contributed by atoms with Crippen molar-refractivity contribution in [3.8, 4) is 0 Å². The Hall–Kier alpha value is 5.99. The minimum Gasteiger partial charge on any atom is -0.373 e. The van der Waals surface area contributed by atoms with Crippen molar-refractivity contribution in [2.75, 3.05) is 101 Å². The van der Waals surface area contributed by atoms with Crippen LogP contribution in [0.3, 0.4) is 0 Å². The second-order valence-electron chi connectivity index (χ2n) is 16.2. The van der Waals surface area contributed by atoms with Gasteiger partial charge in [0.2, 0.25) is 0 Å². The van der Waals surface area contributed by atoms with Crippen molar-refractivity contribution in [3.63, 3.8) is 0 Å². The summed E-state index contributed by atoms with van der Waals surface area (Å²) >= 11 is 47.7. The van der Waals surface area contributed by atoms with Gasteiger partial charge in [-0.2, -0.15) is 0 Å². The van der Waals surface area contributed by atoms with Crippen molar-refractivity contribution in [2.45, 2.75) is 155 Å². The van der Waals surface area contributed by atoms with E-state index in [1.165, 1.54) is 39.3 Å². The Morgan fingerprint density at radius 2 is 0.431 bits per heavy atom. The lowest BCUT2D eigenvalue weighted by molar-refractivity contribution is 0.0759. The highest BCUT2D eigenvalue weighted by molar-refractivity contribution is 9.44. The molecular formula is C40H96O12S16Si4. The largest absolute Gasteiger partial charge is 0.511 e. The van der Waals surface area contributed by atoms with E-state index in [9.17, 15) is 0 Å². The zero-order valence-electron chi connectivity index (χ0n) is 45.1. The molecule has 12 nitrogen and oxygen atoms in total. The quantitative estimate of drug-likeness (QED) is 0.0169. The zero-order chi connectivity index (χ0) is 54.7. The van der Waals surface area contributed by atoms with Gasteiger partial charge in [-0.25, -0.2) is 0 Å². The van der Waals surface area contributed by atoms with Crippen LogP contribution in [0.2, 0.25) is 0 Å². The average Bonchev–Trinajstić information content (AvgIpc) is 3.32. The summed E-state index contributed by atoms with van der Waals surface area (Å²) in [6.07, 6.45) is 9.06. The predicted molar refractivity (Wildman–Crippen MR) is 366 cm³/mol. The maximum atomic E-state index is 6.93. The lowest BCUT2D eigenvalue weighted by Crippen LogP contribution is -2.66. The highest BCUT2D eigenvalue weighted by Crippen LogP contribution is 3.05. The predicted octanol–water partition coefficient (Wildman–Crippen LogP) is 16.2. The fourth-order valence-electron chi connectivity index (χ4n) is 9.58. The molecule has 72 heavy (non-hydrogen) atoms. The SMILES string of the molecule is CCO[Si](CS(S)(SS)C1(S(S)(C[Si](OCC)(OCC)OCC)SS)CCCCCCCCCCC1(S(S)(C[Si](OCC)(OCC)OCC)SS)S(S)(C[Si](OCC)(OCC)OCC)SS)(OCC)OCC. The average molecular weight is 1390 g/mol. The van der Waals surface area contributed by atoms with Gasteiger partial charge < -0.3 is 53.1 Å². The number of rotatable bonds is 40. The first-order valence-corrected chi connectivity index (χ1v) is 54.1. The summed E-state index contributed by atoms with van der Waals surface area (Å²) < 4.78 is 80.9. The second kappa shape index (κ2) is 38.1. The molecule has 0 amide bonds. The van der Waals surface area contributed by atoms with Crippen molar-refractivity contribution < 1.29 is 53.1 Å². The van der Waals surface area contributed by atoms with E-state index in [2.05, 4.69) is 0 Å². The first-order chi connectivity index (χ1) is 34.3. The van der Waals surface area contributed by atoms with Gasteiger partial charge in [0, 0.05) is 79.3 Å². The van der Waals surface area contributed by atoms with Crippen molar-refractivity contribution in [3.05, 3.63) is 0 Å². The molecule has 4 atom stereocenters. The van der Waals surface area contributed by atoms with Crippen LogP contribution in [-0.2, 0) is 53.1 Å². The second-order valence-corrected chi connectivity index (χ2v) is 63.2. The van der Waals surface area contributed by atoms with Crippen molar-refractivity contribution in [1.82, 2.24) is 0 Å². The normalized spacial score (nSPS) is 24.6. The molecule has 0 saturated heterocycles. The lowest BCUT2D eigenvalue weighted by Gasteiger charge is -2.76. The molecule has 0 spiro atoms. The van der Waals surface area contributed by atoms with Crippen LogP contribution in [0.5, 0.6) is 0 Å². The summed E-state index contributed by atoms with van der Waals surface area (Å²) in [6.45, 7) is 28.2. The van der Waals surface area contributed by atoms with Crippen LogP contribution < -0.4 is 0 Å². The summed E-state index contributed by atoms with van der Waals surface area (Å²) in [6, 6.07) is 0. The van der Waals surface area contributed by atoms with Gasteiger partial charge in [-0.15, -0.1) is 126 Å². The Morgan fingerprint density at radius 1 is 0.292 bits per heavy atom. The maximum absolute atomic E-state index is 6.93. The molecule has 0 N–H and O–H groups in total. The fraction of sp³-hybridized carbons (Fsp3) is 1.00. The van der Waals surface area contributed by atoms with Gasteiger partial charge in [0.05, 0.1) is 29.7 Å². The van der Waals surface area contributed by atoms with Crippen LogP contribution in [-0.4, -0.2) is 144 Å². The van der Waals surface area contributed by atoms with Gasteiger partial charge in [-0.1, -0.05) is 51.4 Å². The molecular weight excluding hydrogens is 1300 g/mol. The molecule has 0 aromatic heterocycles. The molecule has 1 aliphatic carbocycles. The molecule has 1 saturated carbocycles. The molecule has 440 valence electrons. The van der Waals surface area contributed by atoms with E-state index in [1.54, 1.807) is 0 Å². The van der Waals surface area contributed by atoms with Gasteiger partial charge >= 0.3 is 35.2 Å². The van der Waals surface area contributed by atoms with Crippen molar-refractivity contribution >= 4 is 200 Å². The third-order valence-electron chi connectivity index (χ3n) is 11.8. The van der Waals surface area contributed by atoms with E-state index in [1.807, 2.05) is 83.1 Å². The summed E-state index contributed by atoms with van der Waals surface area (Å²) in [5, 5.41) is 1.17. The van der Waals surface area contributed by atoms with E-state index in [0.717, 1.165) is 51.4 Å². The molecule has 0 aromatic carbocycles. The van der Waals surface area contributed by atoms with E-state index in [-0.39, 0.29) is 0 Å². The molecule has 1 fully saturated rings. The molecule has 1 rings (SSSR count). The molecule has 32 heteroatoms. The monoisotopic (exact) mass is 1390 g/mol. The van der Waals surface area contributed by atoms with Gasteiger partial charge in [0.1, 0.15) is 0 Å². The third-order valence-corrected chi connectivity index (χ3v) is 81.5. The smallest absolute Gasteiger partial charge is 0.373 e. The van der Waals surface area contributed by atoms with E-state index in [0.29, 0.717) is 114 Å². The van der Waals surface area contributed by atoms with E-state index in [4.69, 9.17) is 146 Å². The first-order valence-electron chi connectivity index (χ1n) is 25.4. The van der Waals surface area contributed by atoms with E-state index < -0.39 is 75.7 Å². The number of hydrogen-bond donors (Lipinski definition) is 8. The Balaban J connectivity index is 5.73. The minimum absolute atomic E-state index is 0.293. The van der Waals surface area contributed by atoms with Crippen LogP contribution in [0.1, 0.15) is 147 Å². The lowest BCUT2D eigenvalue weighted by atomic mass is 9.99. The van der Waals surface area contributed by atoms with Gasteiger partial charge in [-0.05, 0) is 135 Å². The minimum atomic E-state index is -3.68. The highest BCUT2D eigenvalue weighted by atomic mass is 33.8. The standard InChI is InChI=1S/C40H96O12S16Si4/c1-13-41-69(42-14-2,43-15-3)35-65(57,61-53)39(66(58,62-54)36-70(44-16-4,45-17-5)46-18-6)33-31-29-27-25-26-28-30-32-34-40(39,67(59,63-55)37-71(47-19-7,48-20-8)49-21-9)68(60,64-56)38-72(50-22-10,51-23-11)52-24-12/h53-60H,13-38H2,1-12H3. The van der Waals surface area contributed by atoms with Crippen molar-refractivity contribution in [2.24, 2.45) is 0 Å². The number of hydrogen-bond acceptors (Lipinski definition) is 24. The molecule has 0 aromatic rings. The Morgan fingerprint density at radius 3 is 0.556 bits per heavy atom. The summed E-state index contributed by atoms with van der Waals surface area (Å²) in [7, 11) is -20.0. The van der Waals surface area contributed by atoms with Crippen LogP contribution >= 0.6 is 165 Å². The summed E-state index contributed by atoms with van der Waals surface area (Å²) in [4.78, 5) is 0. The third kappa shape index (κ3) is 19.0. The number of thiol groups is 8.